The molecule has 2 atom stereocenters. The second-order valence-corrected chi connectivity index (χ2v) is 9.95. The zero-order valence-electron chi connectivity index (χ0n) is 24.2. The smallest absolute Gasteiger partial charge is 0.320 e. The van der Waals surface area contributed by atoms with Crippen molar-refractivity contribution in [2.75, 3.05) is 28.4 Å². The molecule has 0 spiro atoms. The van der Waals surface area contributed by atoms with Crippen molar-refractivity contribution in [3.05, 3.63) is 75.1 Å². The van der Waals surface area contributed by atoms with Crippen molar-refractivity contribution in [1.29, 1.82) is 0 Å². The molecule has 2 aliphatic rings. The first-order valence-corrected chi connectivity index (χ1v) is 13.6. The van der Waals surface area contributed by atoms with Crippen molar-refractivity contribution in [1.82, 2.24) is 14.8 Å². The van der Waals surface area contributed by atoms with Crippen LogP contribution in [-0.4, -0.2) is 59.8 Å². The molecule has 12 nitrogen and oxygen atoms in total. The van der Waals surface area contributed by atoms with Gasteiger partial charge in [-0.3, -0.25) is 19.6 Å². The van der Waals surface area contributed by atoms with Gasteiger partial charge in [-0.05, 0) is 73.2 Å². The maximum Gasteiger partial charge on any atom is 0.320 e. The van der Waals surface area contributed by atoms with Crippen LogP contribution < -0.4 is 18.9 Å². The molecule has 42 heavy (non-hydrogen) atoms. The van der Waals surface area contributed by atoms with E-state index >= 15 is 0 Å². The fourth-order valence-electron chi connectivity index (χ4n) is 5.65. The molecule has 0 bridgehead atoms. The maximum atomic E-state index is 14.1. The summed E-state index contributed by atoms with van der Waals surface area (Å²) in [6.07, 6.45) is 5.72. The molecule has 1 saturated carbocycles. The summed E-state index contributed by atoms with van der Waals surface area (Å²) in [5.41, 5.74) is 2.81. The first-order chi connectivity index (χ1) is 20.3. The molecule has 1 fully saturated rings. The number of aromatic nitrogens is 2. The molecule has 1 amide bonds. The molecule has 2 aromatic carbocycles. The molecule has 0 radical (unpaired) electrons. The van der Waals surface area contributed by atoms with E-state index in [9.17, 15) is 14.9 Å². The Hall–Kier alpha value is -4.87. The summed E-state index contributed by atoms with van der Waals surface area (Å²) in [5, 5.41) is 22.3. The van der Waals surface area contributed by atoms with E-state index in [-0.39, 0.29) is 17.3 Å². The molecule has 12 heteroatoms. The number of hydrazone groups is 1. The van der Waals surface area contributed by atoms with Crippen molar-refractivity contribution in [2.45, 2.75) is 38.8 Å². The highest BCUT2D eigenvalue weighted by Gasteiger charge is 2.46. The summed E-state index contributed by atoms with van der Waals surface area (Å²) in [4.78, 5) is 25.3. The molecular formula is C30H33N5O7. The van der Waals surface area contributed by atoms with Crippen LogP contribution in [0.5, 0.6) is 23.0 Å². The molecule has 220 valence electrons. The normalized spacial score (nSPS) is 18.8. The van der Waals surface area contributed by atoms with Crippen LogP contribution in [0.25, 0.3) is 6.08 Å². The summed E-state index contributed by atoms with van der Waals surface area (Å²) in [7, 11) is 6.28. The number of methoxy groups -OCH3 is 4. The lowest BCUT2D eigenvalue weighted by atomic mass is 9.77. The largest absolute Gasteiger partial charge is 0.493 e. The van der Waals surface area contributed by atoms with E-state index < -0.39 is 16.9 Å². The van der Waals surface area contributed by atoms with E-state index in [0.717, 1.165) is 41.7 Å². The fraction of sp³-hybridized carbons (Fsp3) is 0.367. The number of aryl methyl sites for hydroxylation is 1. The minimum absolute atomic E-state index is 0.153. The average Bonchev–Trinajstić information content (AvgIpc) is 3.63. The number of fused-ring (bicyclic) bond motifs is 1. The molecule has 0 N–H and O–H groups in total. The summed E-state index contributed by atoms with van der Waals surface area (Å²) >= 11 is 0. The van der Waals surface area contributed by atoms with Crippen LogP contribution >= 0.6 is 0 Å². The van der Waals surface area contributed by atoms with Crippen LogP contribution in [0.4, 0.5) is 5.69 Å². The standard InChI is InChI=1S/C30H33N5O7/c1-6-33-17-22(35(37)38)28(31-33)30(36)34-29(20-11-13-24(40-3)26(16-20)42-5)21-9-7-8-19(27(21)32-34)14-18-10-12-23(39-2)25(15-18)41-4/h10-17,21,29H,6-9H2,1-5H3/b19-14-. The predicted octanol–water partition coefficient (Wildman–Crippen LogP) is 5.28. The van der Waals surface area contributed by atoms with Gasteiger partial charge < -0.3 is 18.9 Å². The van der Waals surface area contributed by atoms with Crippen molar-refractivity contribution in [3.63, 3.8) is 0 Å². The molecular weight excluding hydrogens is 542 g/mol. The van der Waals surface area contributed by atoms with E-state index in [2.05, 4.69) is 5.10 Å². The molecule has 2 heterocycles. The van der Waals surface area contributed by atoms with Crippen LogP contribution in [-0.2, 0) is 6.54 Å². The van der Waals surface area contributed by atoms with Gasteiger partial charge in [-0.15, -0.1) is 0 Å². The Balaban J connectivity index is 1.63. The van der Waals surface area contributed by atoms with Gasteiger partial charge in [0.15, 0.2) is 23.0 Å². The van der Waals surface area contributed by atoms with Gasteiger partial charge in [-0.2, -0.15) is 10.2 Å². The maximum absolute atomic E-state index is 14.1. The minimum Gasteiger partial charge on any atom is -0.493 e. The number of carbonyl (C=O) groups excluding carboxylic acids is 1. The number of hydrogen-bond donors (Lipinski definition) is 0. The van der Waals surface area contributed by atoms with E-state index in [0.29, 0.717) is 29.5 Å². The van der Waals surface area contributed by atoms with Crippen LogP contribution in [0.2, 0.25) is 0 Å². The van der Waals surface area contributed by atoms with Gasteiger partial charge in [0.05, 0.1) is 45.1 Å². The Morgan fingerprint density at radius 2 is 1.69 bits per heavy atom. The number of ether oxygens (including phenoxy) is 4. The summed E-state index contributed by atoms with van der Waals surface area (Å²) in [6, 6.07) is 10.6. The van der Waals surface area contributed by atoms with Gasteiger partial charge in [-0.25, -0.2) is 5.01 Å². The molecule has 1 aliphatic carbocycles. The van der Waals surface area contributed by atoms with Crippen molar-refractivity contribution in [2.24, 2.45) is 11.0 Å². The number of nitro groups is 1. The van der Waals surface area contributed by atoms with E-state index in [1.165, 1.54) is 15.9 Å². The van der Waals surface area contributed by atoms with Gasteiger partial charge in [0.2, 0.25) is 5.69 Å². The number of allylic oxidation sites excluding steroid dienone is 1. The topological polar surface area (TPSA) is 131 Å². The molecule has 1 aliphatic heterocycles. The second kappa shape index (κ2) is 11.9. The first-order valence-electron chi connectivity index (χ1n) is 13.6. The quantitative estimate of drug-likeness (QED) is 0.249. The highest BCUT2D eigenvalue weighted by atomic mass is 16.6. The van der Waals surface area contributed by atoms with Crippen LogP contribution in [0.1, 0.15) is 53.8 Å². The lowest BCUT2D eigenvalue weighted by Gasteiger charge is -2.29. The van der Waals surface area contributed by atoms with E-state index in [1.54, 1.807) is 41.4 Å². The summed E-state index contributed by atoms with van der Waals surface area (Å²) < 4.78 is 23.2. The number of carbonyl (C=O) groups is 1. The Labute approximate surface area is 243 Å². The Morgan fingerprint density at radius 3 is 2.33 bits per heavy atom. The van der Waals surface area contributed by atoms with Gasteiger partial charge >= 0.3 is 11.6 Å². The molecule has 5 rings (SSSR count). The van der Waals surface area contributed by atoms with Gasteiger partial charge in [0.1, 0.15) is 6.20 Å². The third-order valence-corrected chi connectivity index (χ3v) is 7.67. The number of nitrogens with zero attached hydrogens (tertiary/aromatic N) is 5. The van der Waals surface area contributed by atoms with Crippen molar-refractivity contribution < 1.29 is 28.7 Å². The lowest BCUT2D eigenvalue weighted by Crippen LogP contribution is -2.32. The van der Waals surface area contributed by atoms with Crippen LogP contribution in [0, 0.1) is 16.0 Å². The number of amides is 1. The highest BCUT2D eigenvalue weighted by molar-refractivity contribution is 6.09. The lowest BCUT2D eigenvalue weighted by molar-refractivity contribution is -0.385. The number of benzene rings is 2. The zero-order chi connectivity index (χ0) is 30.0. The average molecular weight is 576 g/mol. The van der Waals surface area contributed by atoms with Crippen molar-refractivity contribution >= 4 is 23.4 Å². The molecule has 0 saturated heterocycles. The van der Waals surface area contributed by atoms with Gasteiger partial charge in [-0.1, -0.05) is 12.1 Å². The van der Waals surface area contributed by atoms with Crippen LogP contribution in [0.3, 0.4) is 0 Å². The monoisotopic (exact) mass is 575 g/mol. The minimum atomic E-state index is -0.638. The molecule has 1 aromatic heterocycles. The Bertz CT molecular complexity index is 1580. The Morgan fingerprint density at radius 1 is 1.02 bits per heavy atom. The molecule has 3 aromatic rings. The Kier molecular flexibility index (Phi) is 8.14. The second-order valence-electron chi connectivity index (χ2n) is 9.95. The molecule has 2 unspecified atom stereocenters. The summed E-state index contributed by atoms with van der Waals surface area (Å²) in [6.45, 7) is 2.18. The van der Waals surface area contributed by atoms with E-state index in [4.69, 9.17) is 24.0 Å². The SMILES string of the molecule is CCn1cc([N+](=O)[O-])c(C(=O)N2N=C3/C(=C\c4ccc(OC)c(OC)c4)CCCC3C2c2ccc(OC)c(OC)c2)n1. The first kappa shape index (κ1) is 28.7. The van der Waals surface area contributed by atoms with Gasteiger partial charge in [0, 0.05) is 12.5 Å². The third-order valence-electron chi connectivity index (χ3n) is 7.67. The fourth-order valence-corrected chi connectivity index (χ4v) is 5.65. The summed E-state index contributed by atoms with van der Waals surface area (Å²) in [5.74, 6) is 1.49. The van der Waals surface area contributed by atoms with Crippen molar-refractivity contribution in [3.8, 4) is 23.0 Å². The van der Waals surface area contributed by atoms with Gasteiger partial charge in [0.25, 0.3) is 0 Å². The zero-order valence-corrected chi connectivity index (χ0v) is 24.2. The number of rotatable bonds is 9. The van der Waals surface area contributed by atoms with E-state index in [1.807, 2.05) is 36.4 Å². The highest BCUT2D eigenvalue weighted by Crippen LogP contribution is 2.47. The number of hydrogen-bond acceptors (Lipinski definition) is 9. The third kappa shape index (κ3) is 5.15. The van der Waals surface area contributed by atoms with Crippen LogP contribution in [0.15, 0.2) is 53.3 Å². The predicted molar refractivity (Wildman–Crippen MR) is 155 cm³/mol.